The molecule has 0 aliphatic rings. The Morgan fingerprint density at radius 2 is 1.93 bits per heavy atom. The molecule has 0 saturated heterocycles. The van der Waals surface area contributed by atoms with Crippen molar-refractivity contribution in [1.29, 1.82) is 0 Å². The maximum absolute atomic E-state index is 4.98. The molecule has 0 saturated carbocycles. The highest BCUT2D eigenvalue weighted by molar-refractivity contribution is 7.80. The molecule has 0 fully saturated rings. The van der Waals surface area contributed by atoms with E-state index in [1.54, 1.807) is 0 Å². The van der Waals surface area contributed by atoms with Gasteiger partial charge in [0, 0.05) is 17.9 Å². The molecule has 1 heterocycles. The summed E-state index contributed by atoms with van der Waals surface area (Å²) in [5.74, 6) is 0.521. The lowest BCUT2D eigenvalue weighted by molar-refractivity contribution is 0.910. The van der Waals surface area contributed by atoms with Crippen LogP contribution in [0.5, 0.6) is 0 Å². The first kappa shape index (κ1) is 11.6. The van der Waals surface area contributed by atoms with Gasteiger partial charge in [0.2, 0.25) is 5.95 Å². The summed E-state index contributed by atoms with van der Waals surface area (Å²) >= 11 is 4.98. The van der Waals surface area contributed by atoms with Gasteiger partial charge in [0.05, 0.1) is 0 Å². The van der Waals surface area contributed by atoms with Crippen molar-refractivity contribution in [3.05, 3.63) is 17.5 Å². The summed E-state index contributed by atoms with van der Waals surface area (Å²) in [7, 11) is 0. The minimum atomic E-state index is 0.521. The highest BCUT2D eigenvalue weighted by Gasteiger charge is 1.98. The van der Waals surface area contributed by atoms with E-state index in [2.05, 4.69) is 26.1 Å². The van der Waals surface area contributed by atoms with Crippen LogP contribution in [0.3, 0.4) is 0 Å². The second kappa shape index (κ2) is 5.45. The van der Waals surface area contributed by atoms with Crippen LogP contribution < -0.4 is 16.2 Å². The first-order valence-corrected chi connectivity index (χ1v) is 5.14. The number of hydrogen-bond acceptors (Lipinski definition) is 4. The van der Waals surface area contributed by atoms with Gasteiger partial charge in [0.15, 0.2) is 5.11 Å². The van der Waals surface area contributed by atoms with Crippen LogP contribution in [0.1, 0.15) is 18.3 Å². The van der Waals surface area contributed by atoms with E-state index in [9.17, 15) is 0 Å². The minimum Gasteiger partial charge on any atom is -0.362 e. The monoisotopic (exact) mass is 225 g/mol. The zero-order valence-corrected chi connectivity index (χ0v) is 9.90. The maximum Gasteiger partial charge on any atom is 0.242 e. The molecule has 82 valence electrons. The fourth-order valence-corrected chi connectivity index (χ4v) is 1.29. The summed E-state index contributed by atoms with van der Waals surface area (Å²) in [6.45, 7) is 6.59. The first-order chi connectivity index (χ1) is 7.11. The Bertz CT molecular complexity index is 332. The number of nitrogens with one attached hydrogen (secondary N) is 3. The van der Waals surface area contributed by atoms with E-state index in [-0.39, 0.29) is 0 Å². The molecule has 0 atom stereocenters. The molecule has 0 bridgehead atoms. The number of anilines is 1. The fraction of sp³-hybridized carbons (Fsp3) is 0.444. The molecule has 1 aromatic rings. The van der Waals surface area contributed by atoms with Gasteiger partial charge >= 0.3 is 0 Å². The van der Waals surface area contributed by atoms with E-state index in [0.717, 1.165) is 17.9 Å². The predicted molar refractivity (Wildman–Crippen MR) is 64.5 cm³/mol. The molecule has 0 aromatic carbocycles. The molecule has 1 rings (SSSR count). The van der Waals surface area contributed by atoms with E-state index in [4.69, 9.17) is 12.2 Å². The molecule has 6 heteroatoms. The summed E-state index contributed by atoms with van der Waals surface area (Å²) in [5, 5.41) is 3.48. The number of hydrogen-bond donors (Lipinski definition) is 3. The van der Waals surface area contributed by atoms with E-state index in [1.807, 2.05) is 26.8 Å². The highest BCUT2D eigenvalue weighted by atomic mass is 32.1. The van der Waals surface area contributed by atoms with Gasteiger partial charge in [-0.1, -0.05) is 0 Å². The van der Waals surface area contributed by atoms with Crippen molar-refractivity contribution in [3.8, 4) is 0 Å². The van der Waals surface area contributed by atoms with E-state index < -0.39 is 0 Å². The van der Waals surface area contributed by atoms with Crippen molar-refractivity contribution in [2.45, 2.75) is 20.8 Å². The van der Waals surface area contributed by atoms with Crippen molar-refractivity contribution >= 4 is 23.3 Å². The van der Waals surface area contributed by atoms with Gasteiger partial charge in [-0.2, -0.15) is 0 Å². The maximum atomic E-state index is 4.98. The second-order valence-corrected chi connectivity index (χ2v) is 3.49. The number of aryl methyl sites for hydroxylation is 2. The van der Waals surface area contributed by atoms with Gasteiger partial charge in [-0.05, 0) is 39.1 Å². The molecule has 5 nitrogen and oxygen atoms in total. The van der Waals surface area contributed by atoms with Gasteiger partial charge in [-0.15, -0.1) is 0 Å². The summed E-state index contributed by atoms with van der Waals surface area (Å²) in [6.07, 6.45) is 0. The van der Waals surface area contributed by atoms with Crippen LogP contribution in [-0.2, 0) is 0 Å². The lowest BCUT2D eigenvalue weighted by Crippen LogP contribution is -2.39. The predicted octanol–water partition coefficient (Wildman–Crippen LogP) is 0.904. The molecule has 15 heavy (non-hydrogen) atoms. The van der Waals surface area contributed by atoms with Crippen molar-refractivity contribution in [2.24, 2.45) is 0 Å². The van der Waals surface area contributed by atoms with E-state index >= 15 is 0 Å². The highest BCUT2D eigenvalue weighted by Crippen LogP contribution is 2.01. The number of nitrogens with zero attached hydrogens (tertiary/aromatic N) is 2. The quantitative estimate of drug-likeness (QED) is 0.525. The van der Waals surface area contributed by atoms with Crippen LogP contribution >= 0.6 is 12.2 Å². The molecule has 0 amide bonds. The Morgan fingerprint density at radius 3 is 2.47 bits per heavy atom. The molecular weight excluding hydrogens is 210 g/mol. The zero-order valence-electron chi connectivity index (χ0n) is 9.09. The number of thiocarbonyl (C=S) groups is 1. The Kier molecular flexibility index (Phi) is 4.23. The van der Waals surface area contributed by atoms with Crippen molar-refractivity contribution < 1.29 is 0 Å². The summed E-state index contributed by atoms with van der Waals surface area (Å²) in [4.78, 5) is 8.39. The third-order valence-electron chi connectivity index (χ3n) is 1.61. The second-order valence-electron chi connectivity index (χ2n) is 3.08. The molecule has 1 aromatic heterocycles. The van der Waals surface area contributed by atoms with Gasteiger partial charge < -0.3 is 5.32 Å². The van der Waals surface area contributed by atoms with Crippen LogP contribution in [0.15, 0.2) is 6.07 Å². The summed E-state index contributed by atoms with van der Waals surface area (Å²) < 4.78 is 0. The number of hydrazine groups is 1. The third kappa shape index (κ3) is 4.07. The molecule has 0 aliphatic heterocycles. The summed E-state index contributed by atoms with van der Waals surface area (Å²) in [5.41, 5.74) is 7.47. The third-order valence-corrected chi connectivity index (χ3v) is 1.85. The molecule has 0 spiro atoms. The van der Waals surface area contributed by atoms with Crippen LogP contribution in [-0.4, -0.2) is 21.6 Å². The van der Waals surface area contributed by atoms with Gasteiger partial charge in [-0.3, -0.25) is 10.9 Å². The van der Waals surface area contributed by atoms with Crippen LogP contribution in [0.4, 0.5) is 5.95 Å². The number of rotatable bonds is 3. The Labute approximate surface area is 94.7 Å². The minimum absolute atomic E-state index is 0.521. The van der Waals surface area contributed by atoms with Crippen molar-refractivity contribution in [1.82, 2.24) is 20.7 Å². The van der Waals surface area contributed by atoms with Gasteiger partial charge in [-0.25, -0.2) is 9.97 Å². The van der Waals surface area contributed by atoms with Crippen molar-refractivity contribution in [3.63, 3.8) is 0 Å². The van der Waals surface area contributed by atoms with Crippen molar-refractivity contribution in [2.75, 3.05) is 12.0 Å². The lowest BCUT2D eigenvalue weighted by atomic mass is 10.4. The largest absolute Gasteiger partial charge is 0.362 e. The Hall–Kier alpha value is -1.43. The average molecular weight is 225 g/mol. The standard InChI is InChI=1S/C9H15N5S/c1-4-10-9(15)14-13-8-11-6(2)5-7(3)12-8/h5H,4H2,1-3H3,(H2,10,14,15)(H,11,12,13). The van der Waals surface area contributed by atoms with Gasteiger partial charge in [0.25, 0.3) is 0 Å². The van der Waals surface area contributed by atoms with Crippen LogP contribution in [0.25, 0.3) is 0 Å². The van der Waals surface area contributed by atoms with E-state index in [1.165, 1.54) is 0 Å². The average Bonchev–Trinajstić information content (AvgIpc) is 2.14. The first-order valence-electron chi connectivity index (χ1n) is 4.74. The molecule has 0 aliphatic carbocycles. The van der Waals surface area contributed by atoms with Gasteiger partial charge in [0.1, 0.15) is 0 Å². The Balaban J connectivity index is 2.54. The summed E-state index contributed by atoms with van der Waals surface area (Å²) in [6, 6.07) is 1.91. The Morgan fingerprint density at radius 1 is 1.33 bits per heavy atom. The molecule has 3 N–H and O–H groups in total. The topological polar surface area (TPSA) is 61.9 Å². The lowest BCUT2D eigenvalue weighted by Gasteiger charge is -2.10. The van der Waals surface area contributed by atoms with Crippen LogP contribution in [0.2, 0.25) is 0 Å². The smallest absolute Gasteiger partial charge is 0.242 e. The fourth-order valence-electron chi connectivity index (χ4n) is 1.10. The molecule has 0 radical (unpaired) electrons. The normalized spacial score (nSPS) is 9.53. The zero-order chi connectivity index (χ0) is 11.3. The molecular formula is C9H15N5S. The molecule has 0 unspecified atom stereocenters. The SMILES string of the molecule is CCNC(=S)NNc1nc(C)cc(C)n1. The van der Waals surface area contributed by atoms with Crippen LogP contribution in [0, 0.1) is 13.8 Å². The van der Waals surface area contributed by atoms with E-state index in [0.29, 0.717) is 11.1 Å². The number of aromatic nitrogens is 2.